The van der Waals surface area contributed by atoms with Crippen molar-refractivity contribution < 1.29 is 35.3 Å². The van der Waals surface area contributed by atoms with Crippen molar-refractivity contribution in [2.24, 2.45) is 0 Å². The molecule has 0 fully saturated rings. The number of benzene rings is 1. The molecule has 0 amide bonds. The summed E-state index contributed by atoms with van der Waals surface area (Å²) in [5, 5.41) is 0. The second-order valence-corrected chi connectivity index (χ2v) is 7.05. The average Bonchev–Trinajstić information content (AvgIpc) is 2.47. The molecule has 25 heavy (non-hydrogen) atoms. The van der Waals surface area contributed by atoms with Crippen molar-refractivity contribution >= 4 is 16.1 Å². The monoisotopic (exact) mass is 376 g/mol. The van der Waals surface area contributed by atoms with Crippen LogP contribution in [0.1, 0.15) is 25.3 Å². The standard InChI is InChI=1S/C16H15F3O5S/c1-10-4-3-5-12-9-13(24-25(21,22)16(17,18)19)6-7-14(12)23-15(20)11(2)8-10/h6-9H,2-5H2,1H3/b10-8-. The molecule has 0 aliphatic carbocycles. The fraction of sp³-hybridized carbons (Fsp3) is 0.312. The van der Waals surface area contributed by atoms with Crippen molar-refractivity contribution in [2.75, 3.05) is 0 Å². The molecule has 0 saturated heterocycles. The number of carbonyl (C=O) groups is 1. The van der Waals surface area contributed by atoms with Gasteiger partial charge in [-0.3, -0.25) is 0 Å². The summed E-state index contributed by atoms with van der Waals surface area (Å²) in [6.45, 7) is 5.42. The van der Waals surface area contributed by atoms with Crippen LogP contribution in [0.15, 0.2) is 42.0 Å². The van der Waals surface area contributed by atoms with Crippen LogP contribution in [0, 0.1) is 0 Å². The van der Waals surface area contributed by atoms with Crippen molar-refractivity contribution in [1.82, 2.24) is 0 Å². The lowest BCUT2D eigenvalue weighted by Crippen LogP contribution is -2.28. The molecule has 0 bridgehead atoms. The summed E-state index contributed by atoms with van der Waals surface area (Å²) in [6, 6.07) is 3.31. The number of allylic oxidation sites excluding steroid dienone is 1. The van der Waals surface area contributed by atoms with Gasteiger partial charge in [-0.05, 0) is 56.0 Å². The molecule has 0 unspecified atom stereocenters. The lowest BCUT2D eigenvalue weighted by Gasteiger charge is -2.15. The van der Waals surface area contributed by atoms with Gasteiger partial charge in [0.05, 0.1) is 5.57 Å². The van der Waals surface area contributed by atoms with E-state index in [-0.39, 0.29) is 11.3 Å². The van der Waals surface area contributed by atoms with Crippen LogP contribution < -0.4 is 8.92 Å². The van der Waals surface area contributed by atoms with Crippen LogP contribution >= 0.6 is 0 Å². The maximum absolute atomic E-state index is 12.4. The first kappa shape index (κ1) is 19.0. The van der Waals surface area contributed by atoms with Crippen LogP contribution in [0.2, 0.25) is 0 Å². The van der Waals surface area contributed by atoms with Gasteiger partial charge in [0, 0.05) is 0 Å². The van der Waals surface area contributed by atoms with Crippen LogP contribution in [-0.2, 0) is 21.3 Å². The van der Waals surface area contributed by atoms with Crippen molar-refractivity contribution in [3.05, 3.63) is 47.6 Å². The number of ether oxygens (including phenoxy) is 1. The Labute approximate surface area is 142 Å². The van der Waals surface area contributed by atoms with Crippen LogP contribution in [0.25, 0.3) is 0 Å². The molecule has 2 rings (SSSR count). The first-order valence-corrected chi connectivity index (χ1v) is 8.62. The molecule has 9 heteroatoms. The fourth-order valence-corrected chi connectivity index (χ4v) is 2.68. The van der Waals surface area contributed by atoms with Gasteiger partial charge in [-0.25, -0.2) is 4.79 Å². The van der Waals surface area contributed by atoms with Crippen LogP contribution in [0.5, 0.6) is 11.5 Å². The topological polar surface area (TPSA) is 69.7 Å². The molecule has 0 saturated carbocycles. The molecule has 0 spiro atoms. The number of esters is 1. The Morgan fingerprint density at radius 1 is 1.24 bits per heavy atom. The van der Waals surface area contributed by atoms with Crippen LogP contribution in [0.4, 0.5) is 13.2 Å². The van der Waals surface area contributed by atoms with Crippen LogP contribution in [0.3, 0.4) is 0 Å². The Kier molecular flexibility index (Phi) is 5.26. The SMILES string of the molecule is C=C1/C=C(/C)CCCc2cc(OS(=O)(=O)C(F)(F)F)ccc2OC1=O. The first-order valence-electron chi connectivity index (χ1n) is 7.21. The zero-order valence-corrected chi connectivity index (χ0v) is 14.0. The molecule has 1 heterocycles. The first-order chi connectivity index (χ1) is 11.5. The summed E-state index contributed by atoms with van der Waals surface area (Å²) in [4.78, 5) is 11.9. The number of fused-ring (bicyclic) bond motifs is 1. The minimum absolute atomic E-state index is 0.121. The average molecular weight is 376 g/mol. The zero-order valence-electron chi connectivity index (χ0n) is 13.2. The second-order valence-electron chi connectivity index (χ2n) is 5.51. The third kappa shape index (κ3) is 4.62. The van der Waals surface area contributed by atoms with Gasteiger partial charge in [-0.15, -0.1) is 0 Å². The minimum Gasteiger partial charge on any atom is -0.423 e. The van der Waals surface area contributed by atoms with Crippen molar-refractivity contribution in [3.8, 4) is 11.5 Å². The number of halogens is 3. The molecule has 136 valence electrons. The van der Waals surface area contributed by atoms with Gasteiger partial charge >= 0.3 is 21.6 Å². The predicted octanol–water partition coefficient (Wildman–Crippen LogP) is 3.66. The third-order valence-electron chi connectivity index (χ3n) is 3.42. The highest BCUT2D eigenvalue weighted by atomic mass is 32.2. The molecule has 1 aliphatic heterocycles. The zero-order chi connectivity index (χ0) is 18.8. The highest BCUT2D eigenvalue weighted by Gasteiger charge is 2.48. The number of hydrogen-bond acceptors (Lipinski definition) is 5. The molecule has 0 atom stereocenters. The van der Waals surface area contributed by atoms with E-state index >= 15 is 0 Å². The van der Waals surface area contributed by atoms with E-state index < -0.39 is 27.3 Å². The number of rotatable bonds is 2. The molecule has 1 aromatic carbocycles. The Bertz CT molecular complexity index is 838. The predicted molar refractivity (Wildman–Crippen MR) is 83.5 cm³/mol. The van der Waals surface area contributed by atoms with Gasteiger partial charge in [0.1, 0.15) is 11.5 Å². The van der Waals surface area contributed by atoms with Gasteiger partial charge in [0.25, 0.3) is 0 Å². The van der Waals surface area contributed by atoms with E-state index in [0.29, 0.717) is 24.8 Å². The molecular weight excluding hydrogens is 361 g/mol. The largest absolute Gasteiger partial charge is 0.534 e. The van der Waals surface area contributed by atoms with E-state index in [9.17, 15) is 26.4 Å². The number of hydrogen-bond donors (Lipinski definition) is 0. The Morgan fingerprint density at radius 2 is 1.92 bits per heavy atom. The van der Waals surface area contributed by atoms with Crippen molar-refractivity contribution in [2.45, 2.75) is 31.7 Å². The molecule has 0 N–H and O–H groups in total. The van der Waals surface area contributed by atoms with Gasteiger partial charge in [-0.1, -0.05) is 12.2 Å². The van der Waals surface area contributed by atoms with E-state index in [1.165, 1.54) is 6.07 Å². The molecule has 1 aliphatic rings. The highest BCUT2D eigenvalue weighted by Crippen LogP contribution is 2.31. The molecule has 0 aromatic heterocycles. The minimum atomic E-state index is -5.77. The summed E-state index contributed by atoms with van der Waals surface area (Å²) < 4.78 is 68.7. The van der Waals surface area contributed by atoms with Gasteiger partial charge in [0.2, 0.25) is 0 Å². The molecule has 5 nitrogen and oxygen atoms in total. The van der Waals surface area contributed by atoms with E-state index in [0.717, 1.165) is 17.7 Å². The second kappa shape index (κ2) is 6.91. The smallest absolute Gasteiger partial charge is 0.423 e. The number of aryl methyl sites for hydroxylation is 1. The summed E-state index contributed by atoms with van der Waals surface area (Å²) in [5.41, 5.74) is -4.12. The maximum atomic E-state index is 12.4. The summed E-state index contributed by atoms with van der Waals surface area (Å²) >= 11 is 0. The summed E-state index contributed by atoms with van der Waals surface area (Å²) in [7, 11) is -5.77. The van der Waals surface area contributed by atoms with E-state index in [1.54, 1.807) is 6.08 Å². The fourth-order valence-electron chi connectivity index (χ4n) is 2.23. The maximum Gasteiger partial charge on any atom is 0.534 e. The van der Waals surface area contributed by atoms with E-state index in [4.69, 9.17) is 4.74 Å². The Morgan fingerprint density at radius 3 is 2.56 bits per heavy atom. The Hall–Kier alpha value is -2.29. The van der Waals surface area contributed by atoms with Gasteiger partial charge in [0.15, 0.2) is 0 Å². The van der Waals surface area contributed by atoms with Gasteiger partial charge in [-0.2, -0.15) is 21.6 Å². The summed E-state index contributed by atoms with van der Waals surface area (Å²) in [6.07, 6.45) is 3.23. The highest BCUT2D eigenvalue weighted by molar-refractivity contribution is 7.88. The molecule has 0 radical (unpaired) electrons. The summed E-state index contributed by atoms with van der Waals surface area (Å²) in [5.74, 6) is -1.08. The van der Waals surface area contributed by atoms with Crippen molar-refractivity contribution in [1.29, 1.82) is 0 Å². The lowest BCUT2D eigenvalue weighted by molar-refractivity contribution is -0.129. The number of alkyl halides is 3. The lowest BCUT2D eigenvalue weighted by atomic mass is 10.0. The van der Waals surface area contributed by atoms with Gasteiger partial charge < -0.3 is 8.92 Å². The van der Waals surface area contributed by atoms with E-state index in [2.05, 4.69) is 10.8 Å². The van der Waals surface area contributed by atoms with Crippen LogP contribution in [-0.4, -0.2) is 19.9 Å². The third-order valence-corrected chi connectivity index (χ3v) is 4.40. The molecule has 1 aromatic rings. The van der Waals surface area contributed by atoms with E-state index in [1.807, 2.05) is 6.92 Å². The number of carbonyl (C=O) groups excluding carboxylic acids is 1. The quantitative estimate of drug-likeness (QED) is 0.259. The Balaban J connectivity index is 2.34. The normalized spacial score (nSPS) is 18.6. The molecular formula is C16H15F3O5S. The van der Waals surface area contributed by atoms with Crippen molar-refractivity contribution in [3.63, 3.8) is 0 Å².